The van der Waals surface area contributed by atoms with E-state index >= 15 is 0 Å². The van der Waals surface area contributed by atoms with E-state index < -0.39 is 0 Å². The lowest BCUT2D eigenvalue weighted by Crippen LogP contribution is -2.29. The molecule has 0 unspecified atom stereocenters. The lowest BCUT2D eigenvalue weighted by atomic mass is 10.0. The van der Waals surface area contributed by atoms with Gasteiger partial charge in [0.2, 0.25) is 0 Å². The van der Waals surface area contributed by atoms with E-state index in [4.69, 9.17) is 11.5 Å². The minimum absolute atomic E-state index is 0.0990. The molecule has 0 rings (SSSR count). The Bertz CT molecular complexity index is 135. The Kier molecular flexibility index (Phi) is 13.9. The van der Waals surface area contributed by atoms with Crippen LogP contribution < -0.4 is 11.5 Å². The standard InChI is InChI=1S/C15H34N2/c1-2-3-4-5-6-7-8-9-10-11-12-13-14-15(16)17/h15H,2-14,16-17H2,1H3. The van der Waals surface area contributed by atoms with Crippen LogP contribution in [0.3, 0.4) is 0 Å². The van der Waals surface area contributed by atoms with Gasteiger partial charge in [-0.15, -0.1) is 0 Å². The summed E-state index contributed by atoms with van der Waals surface area (Å²) in [6, 6.07) is 0. The van der Waals surface area contributed by atoms with Crippen molar-refractivity contribution in [3.8, 4) is 0 Å². The Balaban J connectivity index is 2.89. The van der Waals surface area contributed by atoms with Crippen molar-refractivity contribution >= 4 is 0 Å². The molecule has 2 heteroatoms. The SMILES string of the molecule is CCCCCCCCCCCCCCC(N)N. The zero-order valence-corrected chi connectivity index (χ0v) is 11.9. The molecule has 0 amide bonds. The van der Waals surface area contributed by atoms with Crippen LogP contribution in [0.15, 0.2) is 0 Å². The molecular weight excluding hydrogens is 208 g/mol. The van der Waals surface area contributed by atoms with Gasteiger partial charge in [-0.3, -0.25) is 0 Å². The molecular formula is C15H34N2. The molecule has 0 fully saturated rings. The van der Waals surface area contributed by atoms with Gasteiger partial charge in [0.1, 0.15) is 0 Å². The fourth-order valence-electron chi connectivity index (χ4n) is 2.22. The second-order valence-electron chi connectivity index (χ2n) is 5.34. The first-order chi connectivity index (χ1) is 8.27. The minimum Gasteiger partial charge on any atom is -0.316 e. The van der Waals surface area contributed by atoms with E-state index in [1.165, 1.54) is 77.0 Å². The average molecular weight is 242 g/mol. The molecule has 0 saturated heterocycles. The van der Waals surface area contributed by atoms with Gasteiger partial charge in [-0.25, -0.2) is 0 Å². The molecule has 0 aliphatic carbocycles. The highest BCUT2D eigenvalue weighted by atomic mass is 14.8. The second kappa shape index (κ2) is 14.0. The molecule has 0 aromatic heterocycles. The van der Waals surface area contributed by atoms with Crippen molar-refractivity contribution in [1.82, 2.24) is 0 Å². The monoisotopic (exact) mass is 242 g/mol. The maximum atomic E-state index is 5.50. The van der Waals surface area contributed by atoms with Crippen LogP contribution in [0.2, 0.25) is 0 Å². The molecule has 0 heterocycles. The molecule has 0 saturated carbocycles. The zero-order chi connectivity index (χ0) is 12.8. The zero-order valence-electron chi connectivity index (χ0n) is 11.9. The molecule has 0 aliphatic heterocycles. The summed E-state index contributed by atoms with van der Waals surface area (Å²) in [5, 5.41) is 0. The molecule has 4 N–H and O–H groups in total. The lowest BCUT2D eigenvalue weighted by molar-refractivity contribution is 0.523. The van der Waals surface area contributed by atoms with Crippen LogP contribution >= 0.6 is 0 Å². The van der Waals surface area contributed by atoms with Gasteiger partial charge < -0.3 is 11.5 Å². The Labute approximate surface area is 109 Å². The highest BCUT2D eigenvalue weighted by molar-refractivity contribution is 4.52. The first-order valence-corrected chi connectivity index (χ1v) is 7.78. The van der Waals surface area contributed by atoms with Crippen LogP contribution in [0, 0.1) is 0 Å². The van der Waals surface area contributed by atoms with Crippen LogP contribution in [0.5, 0.6) is 0 Å². The Morgan fingerprint density at radius 3 is 1.29 bits per heavy atom. The third kappa shape index (κ3) is 15.9. The summed E-state index contributed by atoms with van der Waals surface area (Å²) >= 11 is 0. The van der Waals surface area contributed by atoms with Crippen molar-refractivity contribution in [2.45, 2.75) is 96.6 Å². The van der Waals surface area contributed by atoms with Gasteiger partial charge in [-0.1, -0.05) is 84.0 Å². The van der Waals surface area contributed by atoms with E-state index in [9.17, 15) is 0 Å². The molecule has 104 valence electrons. The van der Waals surface area contributed by atoms with Gasteiger partial charge in [0.05, 0.1) is 6.17 Å². The van der Waals surface area contributed by atoms with Crippen LogP contribution in [0.25, 0.3) is 0 Å². The highest BCUT2D eigenvalue weighted by Gasteiger charge is 1.95. The number of hydrogen-bond acceptors (Lipinski definition) is 2. The molecule has 0 aromatic rings. The molecule has 2 nitrogen and oxygen atoms in total. The van der Waals surface area contributed by atoms with Gasteiger partial charge in [0, 0.05) is 0 Å². The summed E-state index contributed by atoms with van der Waals surface area (Å²) < 4.78 is 0. The van der Waals surface area contributed by atoms with Gasteiger partial charge >= 0.3 is 0 Å². The number of rotatable bonds is 13. The Morgan fingerprint density at radius 1 is 0.588 bits per heavy atom. The largest absolute Gasteiger partial charge is 0.316 e. The van der Waals surface area contributed by atoms with Crippen molar-refractivity contribution in [2.75, 3.05) is 0 Å². The maximum absolute atomic E-state index is 5.50. The van der Waals surface area contributed by atoms with Crippen molar-refractivity contribution in [3.05, 3.63) is 0 Å². The second-order valence-corrected chi connectivity index (χ2v) is 5.34. The first kappa shape index (κ1) is 16.9. The molecule has 0 aliphatic rings. The fraction of sp³-hybridized carbons (Fsp3) is 1.00. The normalized spacial score (nSPS) is 11.3. The van der Waals surface area contributed by atoms with E-state index in [-0.39, 0.29) is 6.17 Å². The van der Waals surface area contributed by atoms with Crippen LogP contribution in [0.1, 0.15) is 90.4 Å². The summed E-state index contributed by atoms with van der Waals surface area (Å²) in [6.45, 7) is 2.28. The van der Waals surface area contributed by atoms with Gasteiger partial charge in [0.25, 0.3) is 0 Å². The summed E-state index contributed by atoms with van der Waals surface area (Å²) in [5.41, 5.74) is 11.0. The summed E-state index contributed by atoms with van der Waals surface area (Å²) in [4.78, 5) is 0. The van der Waals surface area contributed by atoms with Crippen LogP contribution in [-0.2, 0) is 0 Å². The topological polar surface area (TPSA) is 52.0 Å². The van der Waals surface area contributed by atoms with E-state index in [0.29, 0.717) is 0 Å². The summed E-state index contributed by atoms with van der Waals surface area (Å²) in [7, 11) is 0. The lowest BCUT2D eigenvalue weighted by Gasteiger charge is -2.05. The third-order valence-corrected chi connectivity index (χ3v) is 3.39. The minimum atomic E-state index is -0.0990. The van der Waals surface area contributed by atoms with E-state index in [1.807, 2.05) is 0 Å². The molecule has 0 spiro atoms. The van der Waals surface area contributed by atoms with Crippen molar-refractivity contribution < 1.29 is 0 Å². The van der Waals surface area contributed by atoms with Crippen molar-refractivity contribution in [2.24, 2.45) is 11.5 Å². The highest BCUT2D eigenvalue weighted by Crippen LogP contribution is 2.12. The smallest absolute Gasteiger partial charge is 0.0520 e. The molecule has 17 heavy (non-hydrogen) atoms. The van der Waals surface area contributed by atoms with Gasteiger partial charge in [0.15, 0.2) is 0 Å². The maximum Gasteiger partial charge on any atom is 0.0520 e. The predicted molar refractivity (Wildman–Crippen MR) is 77.9 cm³/mol. The van der Waals surface area contributed by atoms with E-state index in [0.717, 1.165) is 6.42 Å². The van der Waals surface area contributed by atoms with Crippen molar-refractivity contribution in [1.29, 1.82) is 0 Å². The molecule has 0 radical (unpaired) electrons. The quantitative estimate of drug-likeness (QED) is 0.373. The third-order valence-electron chi connectivity index (χ3n) is 3.39. The fourth-order valence-corrected chi connectivity index (χ4v) is 2.22. The van der Waals surface area contributed by atoms with E-state index in [2.05, 4.69) is 6.92 Å². The van der Waals surface area contributed by atoms with E-state index in [1.54, 1.807) is 0 Å². The summed E-state index contributed by atoms with van der Waals surface area (Å²) in [5.74, 6) is 0. The molecule has 0 bridgehead atoms. The molecule has 0 atom stereocenters. The molecule has 0 aromatic carbocycles. The van der Waals surface area contributed by atoms with Gasteiger partial charge in [-0.2, -0.15) is 0 Å². The number of nitrogens with two attached hydrogens (primary N) is 2. The average Bonchev–Trinajstić information content (AvgIpc) is 2.30. The van der Waals surface area contributed by atoms with Crippen molar-refractivity contribution in [3.63, 3.8) is 0 Å². The number of unbranched alkanes of at least 4 members (excludes halogenated alkanes) is 11. The van der Waals surface area contributed by atoms with Crippen LogP contribution in [-0.4, -0.2) is 6.17 Å². The first-order valence-electron chi connectivity index (χ1n) is 7.78. The van der Waals surface area contributed by atoms with Gasteiger partial charge in [-0.05, 0) is 6.42 Å². The predicted octanol–water partition coefficient (Wildman–Crippen LogP) is 4.32. The summed E-state index contributed by atoms with van der Waals surface area (Å²) in [6.07, 6.45) is 17.6. The van der Waals surface area contributed by atoms with Crippen LogP contribution in [0.4, 0.5) is 0 Å². The Hall–Kier alpha value is -0.0800. The Morgan fingerprint density at radius 2 is 0.941 bits per heavy atom. The number of hydrogen-bond donors (Lipinski definition) is 2.